The number of aromatic amines is 1. The lowest BCUT2D eigenvalue weighted by Gasteiger charge is -2.14. The number of aromatic nitrogens is 5. The standard InChI is InChI=1S/C22H19FN6O2/c23-15-5-13(7-24-9-15)19-6-21(29-22(28-19)14(12-30)8-27-29)26-11-20(31)17-10-25-18-4-2-1-3-16(17)18/h1-10,20,25-26,30-31H,11-12H2. The third-order valence-electron chi connectivity index (χ3n) is 5.17. The van der Waals surface area contributed by atoms with Crippen LogP contribution in [-0.2, 0) is 6.61 Å². The van der Waals surface area contributed by atoms with E-state index in [0.717, 1.165) is 22.7 Å². The van der Waals surface area contributed by atoms with E-state index in [-0.39, 0.29) is 13.2 Å². The fourth-order valence-electron chi connectivity index (χ4n) is 3.63. The molecule has 4 aromatic heterocycles. The van der Waals surface area contributed by atoms with E-state index >= 15 is 0 Å². The van der Waals surface area contributed by atoms with Crippen molar-refractivity contribution in [1.82, 2.24) is 24.6 Å². The molecule has 0 spiro atoms. The zero-order chi connectivity index (χ0) is 21.4. The highest BCUT2D eigenvalue weighted by Gasteiger charge is 2.16. The van der Waals surface area contributed by atoms with Crippen LogP contribution in [-0.4, -0.2) is 41.3 Å². The van der Waals surface area contributed by atoms with Gasteiger partial charge in [-0.2, -0.15) is 9.61 Å². The van der Waals surface area contributed by atoms with Gasteiger partial charge in [-0.15, -0.1) is 0 Å². The first kappa shape index (κ1) is 19.2. The Hall–Kier alpha value is -3.82. The minimum Gasteiger partial charge on any atom is -0.391 e. The van der Waals surface area contributed by atoms with Gasteiger partial charge in [0.1, 0.15) is 11.6 Å². The number of aliphatic hydroxyl groups excluding tert-OH is 2. The Bertz CT molecular complexity index is 1380. The summed E-state index contributed by atoms with van der Waals surface area (Å²) in [6, 6.07) is 10.8. The second-order valence-corrected chi connectivity index (χ2v) is 7.17. The van der Waals surface area contributed by atoms with Gasteiger partial charge >= 0.3 is 0 Å². The van der Waals surface area contributed by atoms with Crippen LogP contribution in [0.1, 0.15) is 17.2 Å². The quantitative estimate of drug-likeness (QED) is 0.337. The third kappa shape index (κ3) is 3.49. The van der Waals surface area contributed by atoms with Crippen LogP contribution in [0.5, 0.6) is 0 Å². The molecule has 0 aliphatic carbocycles. The van der Waals surface area contributed by atoms with Gasteiger partial charge in [-0.3, -0.25) is 4.98 Å². The molecule has 4 N–H and O–H groups in total. The first-order valence-electron chi connectivity index (χ1n) is 9.71. The predicted molar refractivity (Wildman–Crippen MR) is 114 cm³/mol. The number of aliphatic hydroxyl groups is 2. The fourth-order valence-corrected chi connectivity index (χ4v) is 3.63. The van der Waals surface area contributed by atoms with Gasteiger partial charge in [0, 0.05) is 52.6 Å². The van der Waals surface area contributed by atoms with Crippen LogP contribution in [0.3, 0.4) is 0 Å². The molecule has 1 aromatic carbocycles. The number of nitrogens with one attached hydrogen (secondary N) is 2. The Morgan fingerprint density at radius 3 is 2.87 bits per heavy atom. The average molecular weight is 418 g/mol. The summed E-state index contributed by atoms with van der Waals surface area (Å²) in [4.78, 5) is 11.6. The molecule has 0 saturated heterocycles. The smallest absolute Gasteiger partial charge is 0.163 e. The first-order chi connectivity index (χ1) is 15.1. The van der Waals surface area contributed by atoms with Crippen LogP contribution in [0.25, 0.3) is 27.8 Å². The number of anilines is 1. The number of nitrogens with zero attached hydrogens (tertiary/aromatic N) is 4. The maximum Gasteiger partial charge on any atom is 0.163 e. The van der Waals surface area contributed by atoms with Gasteiger partial charge in [-0.25, -0.2) is 9.37 Å². The molecule has 5 aromatic rings. The van der Waals surface area contributed by atoms with E-state index in [2.05, 4.69) is 25.4 Å². The summed E-state index contributed by atoms with van der Waals surface area (Å²) in [6.45, 7) is -0.0329. The van der Waals surface area contributed by atoms with E-state index in [1.54, 1.807) is 16.8 Å². The highest BCUT2D eigenvalue weighted by Crippen LogP contribution is 2.27. The number of rotatable bonds is 6. The number of halogens is 1. The summed E-state index contributed by atoms with van der Waals surface area (Å²) in [5, 5.41) is 28.9. The number of benzene rings is 1. The van der Waals surface area contributed by atoms with E-state index in [4.69, 9.17) is 0 Å². The van der Waals surface area contributed by atoms with Gasteiger partial charge in [-0.05, 0) is 12.1 Å². The maximum absolute atomic E-state index is 13.7. The van der Waals surface area contributed by atoms with E-state index in [9.17, 15) is 14.6 Å². The molecule has 0 saturated carbocycles. The Morgan fingerprint density at radius 2 is 2.03 bits per heavy atom. The number of fused-ring (bicyclic) bond motifs is 2. The van der Waals surface area contributed by atoms with Crippen LogP contribution >= 0.6 is 0 Å². The largest absolute Gasteiger partial charge is 0.391 e. The molecule has 0 amide bonds. The molecular formula is C22H19FN6O2. The molecule has 9 heteroatoms. The molecule has 5 rings (SSSR count). The van der Waals surface area contributed by atoms with Crippen molar-refractivity contribution in [3.63, 3.8) is 0 Å². The van der Waals surface area contributed by atoms with Crippen LogP contribution in [0.15, 0.2) is 61.2 Å². The molecule has 0 radical (unpaired) electrons. The number of hydrogen-bond acceptors (Lipinski definition) is 6. The van der Waals surface area contributed by atoms with Crippen LogP contribution in [0.4, 0.5) is 10.2 Å². The summed E-state index contributed by atoms with van der Waals surface area (Å²) in [5.41, 5.74) is 3.66. The lowest BCUT2D eigenvalue weighted by atomic mass is 10.1. The number of pyridine rings is 1. The topological polar surface area (TPSA) is 111 Å². The van der Waals surface area contributed by atoms with Gasteiger partial charge in [0.15, 0.2) is 5.65 Å². The van der Waals surface area contributed by atoms with Crippen molar-refractivity contribution in [2.75, 3.05) is 11.9 Å². The SMILES string of the molecule is OCc1cnn2c(NCC(O)c3c[nH]c4ccccc34)cc(-c3cncc(F)c3)nc12. The zero-order valence-corrected chi connectivity index (χ0v) is 16.3. The molecule has 156 valence electrons. The van der Waals surface area contributed by atoms with Crippen molar-refractivity contribution in [2.24, 2.45) is 0 Å². The van der Waals surface area contributed by atoms with Gasteiger partial charge < -0.3 is 20.5 Å². The van der Waals surface area contributed by atoms with Crippen LogP contribution in [0.2, 0.25) is 0 Å². The summed E-state index contributed by atoms with van der Waals surface area (Å²) >= 11 is 0. The second-order valence-electron chi connectivity index (χ2n) is 7.17. The van der Waals surface area contributed by atoms with Crippen molar-refractivity contribution in [1.29, 1.82) is 0 Å². The first-order valence-corrected chi connectivity index (χ1v) is 9.71. The monoisotopic (exact) mass is 418 g/mol. The van der Waals surface area contributed by atoms with Gasteiger partial charge in [0.25, 0.3) is 0 Å². The van der Waals surface area contributed by atoms with Crippen LogP contribution < -0.4 is 5.32 Å². The zero-order valence-electron chi connectivity index (χ0n) is 16.3. The number of hydrogen-bond donors (Lipinski definition) is 4. The Kier molecular flexibility index (Phi) is 4.81. The minimum atomic E-state index is -0.786. The van der Waals surface area contributed by atoms with E-state index in [1.165, 1.54) is 18.5 Å². The molecule has 1 unspecified atom stereocenters. The Morgan fingerprint density at radius 1 is 1.16 bits per heavy atom. The fraction of sp³-hybridized carbons (Fsp3) is 0.136. The van der Waals surface area contributed by atoms with E-state index in [1.807, 2.05) is 24.3 Å². The summed E-state index contributed by atoms with van der Waals surface area (Å²) in [5.74, 6) is 0.0715. The maximum atomic E-state index is 13.7. The lowest BCUT2D eigenvalue weighted by molar-refractivity contribution is 0.193. The molecule has 8 nitrogen and oxygen atoms in total. The predicted octanol–water partition coefficient (Wildman–Crippen LogP) is 3.05. The number of para-hydroxylation sites is 1. The van der Waals surface area contributed by atoms with E-state index < -0.39 is 11.9 Å². The normalized spacial score (nSPS) is 12.5. The average Bonchev–Trinajstić information content (AvgIpc) is 3.41. The highest BCUT2D eigenvalue weighted by atomic mass is 19.1. The van der Waals surface area contributed by atoms with Crippen molar-refractivity contribution >= 4 is 22.4 Å². The van der Waals surface area contributed by atoms with Crippen molar-refractivity contribution in [3.05, 3.63) is 78.1 Å². The highest BCUT2D eigenvalue weighted by molar-refractivity contribution is 5.83. The minimum absolute atomic E-state index is 0.204. The summed E-state index contributed by atoms with van der Waals surface area (Å²) in [6.07, 6.45) is 5.17. The molecule has 1 atom stereocenters. The Labute approximate surface area is 176 Å². The van der Waals surface area contributed by atoms with Crippen molar-refractivity contribution in [3.8, 4) is 11.3 Å². The third-order valence-corrected chi connectivity index (χ3v) is 5.17. The summed E-state index contributed by atoms with van der Waals surface area (Å²) < 4.78 is 15.2. The molecule has 0 aliphatic rings. The molecule has 31 heavy (non-hydrogen) atoms. The molecule has 0 bridgehead atoms. The number of H-pyrrole nitrogens is 1. The summed E-state index contributed by atoms with van der Waals surface area (Å²) in [7, 11) is 0. The lowest BCUT2D eigenvalue weighted by Crippen LogP contribution is -2.15. The molecule has 0 fully saturated rings. The molecule has 0 aliphatic heterocycles. The van der Waals surface area contributed by atoms with Gasteiger partial charge in [-0.1, -0.05) is 18.2 Å². The molecule has 4 heterocycles. The second kappa shape index (κ2) is 7.78. The Balaban J connectivity index is 1.50. The molecular weight excluding hydrogens is 399 g/mol. The van der Waals surface area contributed by atoms with Crippen LogP contribution in [0, 0.1) is 5.82 Å². The van der Waals surface area contributed by atoms with Gasteiger partial charge in [0.05, 0.1) is 30.8 Å². The van der Waals surface area contributed by atoms with Crippen molar-refractivity contribution in [2.45, 2.75) is 12.7 Å². The van der Waals surface area contributed by atoms with Gasteiger partial charge in [0.2, 0.25) is 0 Å². The van der Waals surface area contributed by atoms with Crippen molar-refractivity contribution < 1.29 is 14.6 Å². The van der Waals surface area contributed by atoms with E-state index in [0.29, 0.717) is 28.3 Å².